The number of halogens is 1. The van der Waals surface area contributed by atoms with Crippen molar-refractivity contribution in [2.75, 3.05) is 26.2 Å². The highest BCUT2D eigenvalue weighted by molar-refractivity contribution is 14.0. The standard InChI is InChI=1S/C22H33N5O.HI/c1-5-23-22(24-13-18(3)28-21-8-6-7-17(2)11-21)27-10-9-19(16-27)12-20-14-25-26(4)15-20;/h6-8,11,14-15,18-19H,5,9-10,12-13,16H2,1-4H3,(H,23,24);1H. The largest absolute Gasteiger partial charge is 0.489 e. The lowest BCUT2D eigenvalue weighted by Crippen LogP contribution is -2.40. The zero-order valence-electron chi connectivity index (χ0n) is 18.0. The van der Waals surface area contributed by atoms with E-state index in [1.165, 1.54) is 17.5 Å². The molecule has 0 saturated carbocycles. The molecule has 3 rings (SSSR count). The molecule has 2 aromatic rings. The van der Waals surface area contributed by atoms with Crippen LogP contribution in [-0.2, 0) is 13.5 Å². The topological polar surface area (TPSA) is 54.7 Å². The van der Waals surface area contributed by atoms with Gasteiger partial charge in [0.1, 0.15) is 11.9 Å². The van der Waals surface area contributed by atoms with E-state index >= 15 is 0 Å². The van der Waals surface area contributed by atoms with Crippen LogP contribution in [0.1, 0.15) is 31.4 Å². The minimum absolute atomic E-state index is 0. The molecule has 1 aliphatic rings. The van der Waals surface area contributed by atoms with Crippen LogP contribution in [0.3, 0.4) is 0 Å². The second-order valence-electron chi connectivity index (χ2n) is 7.77. The predicted molar refractivity (Wildman–Crippen MR) is 129 cm³/mol. The summed E-state index contributed by atoms with van der Waals surface area (Å²) in [5, 5.41) is 7.73. The Bertz CT molecular complexity index is 791. The summed E-state index contributed by atoms with van der Waals surface area (Å²) in [5.41, 5.74) is 2.52. The average Bonchev–Trinajstić information content (AvgIpc) is 3.28. The van der Waals surface area contributed by atoms with E-state index in [1.807, 2.05) is 30.1 Å². The number of ether oxygens (including phenoxy) is 1. The molecule has 1 aliphatic heterocycles. The molecule has 7 heteroatoms. The Balaban J connectivity index is 0.00000300. The van der Waals surface area contributed by atoms with Crippen LogP contribution in [-0.4, -0.2) is 52.9 Å². The van der Waals surface area contributed by atoms with E-state index in [0.717, 1.165) is 37.8 Å². The first-order valence-electron chi connectivity index (χ1n) is 10.3. The van der Waals surface area contributed by atoms with Gasteiger partial charge in [-0.25, -0.2) is 4.99 Å². The zero-order valence-corrected chi connectivity index (χ0v) is 20.3. The monoisotopic (exact) mass is 511 g/mol. The Morgan fingerprint density at radius 1 is 1.41 bits per heavy atom. The molecule has 160 valence electrons. The van der Waals surface area contributed by atoms with Crippen LogP contribution in [0.4, 0.5) is 0 Å². The first kappa shape index (κ1) is 23.5. The van der Waals surface area contributed by atoms with Crippen molar-refractivity contribution in [3.63, 3.8) is 0 Å². The number of hydrogen-bond acceptors (Lipinski definition) is 3. The number of guanidine groups is 1. The summed E-state index contributed by atoms with van der Waals surface area (Å²) in [6.07, 6.45) is 6.40. The number of nitrogens with zero attached hydrogens (tertiary/aromatic N) is 4. The fraction of sp³-hybridized carbons (Fsp3) is 0.545. The van der Waals surface area contributed by atoms with Crippen LogP contribution in [0, 0.1) is 12.8 Å². The van der Waals surface area contributed by atoms with Gasteiger partial charge in [0.15, 0.2) is 5.96 Å². The van der Waals surface area contributed by atoms with Crippen molar-refractivity contribution in [2.24, 2.45) is 18.0 Å². The van der Waals surface area contributed by atoms with Crippen LogP contribution in [0.5, 0.6) is 5.75 Å². The number of aliphatic imine (C=N–C) groups is 1. The van der Waals surface area contributed by atoms with Crippen LogP contribution < -0.4 is 10.1 Å². The van der Waals surface area contributed by atoms with Gasteiger partial charge in [-0.15, -0.1) is 24.0 Å². The second kappa shape index (κ2) is 11.4. The van der Waals surface area contributed by atoms with E-state index in [1.54, 1.807) is 0 Å². The van der Waals surface area contributed by atoms with Gasteiger partial charge in [0.2, 0.25) is 0 Å². The van der Waals surface area contributed by atoms with Crippen molar-refractivity contribution < 1.29 is 4.74 Å². The van der Waals surface area contributed by atoms with E-state index in [4.69, 9.17) is 9.73 Å². The Labute approximate surface area is 191 Å². The van der Waals surface area contributed by atoms with Crippen molar-refractivity contribution in [3.05, 3.63) is 47.8 Å². The van der Waals surface area contributed by atoms with E-state index in [2.05, 4.69) is 54.4 Å². The minimum atomic E-state index is 0. The Hall–Kier alpha value is -1.77. The lowest BCUT2D eigenvalue weighted by Gasteiger charge is -2.22. The van der Waals surface area contributed by atoms with Gasteiger partial charge in [0.25, 0.3) is 0 Å². The fourth-order valence-corrected chi connectivity index (χ4v) is 3.70. The Morgan fingerprint density at radius 2 is 2.24 bits per heavy atom. The van der Waals surface area contributed by atoms with E-state index in [-0.39, 0.29) is 30.1 Å². The minimum Gasteiger partial charge on any atom is -0.489 e. The first-order chi connectivity index (χ1) is 13.5. The van der Waals surface area contributed by atoms with Crippen molar-refractivity contribution in [1.82, 2.24) is 20.0 Å². The normalized spacial score (nSPS) is 17.7. The van der Waals surface area contributed by atoms with Crippen molar-refractivity contribution in [2.45, 2.75) is 39.7 Å². The molecule has 0 bridgehead atoms. The molecule has 0 spiro atoms. The molecule has 2 atom stereocenters. The number of rotatable bonds is 7. The highest BCUT2D eigenvalue weighted by Gasteiger charge is 2.25. The quantitative estimate of drug-likeness (QED) is 0.351. The third kappa shape index (κ3) is 7.21. The molecule has 1 aromatic carbocycles. The molecule has 0 radical (unpaired) electrons. The summed E-state index contributed by atoms with van der Waals surface area (Å²) in [7, 11) is 1.97. The maximum absolute atomic E-state index is 6.03. The number of aromatic nitrogens is 2. The lowest BCUT2D eigenvalue weighted by molar-refractivity contribution is 0.229. The summed E-state index contributed by atoms with van der Waals surface area (Å²) in [6.45, 7) is 9.86. The summed E-state index contributed by atoms with van der Waals surface area (Å²) in [6, 6.07) is 8.17. The molecular formula is C22H34IN5O. The van der Waals surface area contributed by atoms with Gasteiger partial charge in [-0.1, -0.05) is 12.1 Å². The maximum Gasteiger partial charge on any atom is 0.194 e. The third-order valence-electron chi connectivity index (χ3n) is 5.03. The molecule has 1 saturated heterocycles. The molecule has 0 amide bonds. The summed E-state index contributed by atoms with van der Waals surface area (Å²) in [4.78, 5) is 7.23. The van der Waals surface area contributed by atoms with Gasteiger partial charge < -0.3 is 15.0 Å². The number of hydrogen-bond donors (Lipinski definition) is 1. The molecule has 1 fully saturated rings. The molecule has 0 aliphatic carbocycles. The van der Waals surface area contributed by atoms with E-state index in [9.17, 15) is 0 Å². The van der Waals surface area contributed by atoms with Crippen molar-refractivity contribution in [3.8, 4) is 5.75 Å². The van der Waals surface area contributed by atoms with Gasteiger partial charge in [0, 0.05) is 32.9 Å². The van der Waals surface area contributed by atoms with Gasteiger partial charge in [-0.2, -0.15) is 5.10 Å². The van der Waals surface area contributed by atoms with Crippen molar-refractivity contribution in [1.29, 1.82) is 0 Å². The van der Waals surface area contributed by atoms with Crippen LogP contribution in [0.2, 0.25) is 0 Å². The average molecular weight is 511 g/mol. The maximum atomic E-state index is 6.03. The molecule has 2 heterocycles. The van der Waals surface area contributed by atoms with E-state index in [0.29, 0.717) is 12.5 Å². The highest BCUT2D eigenvalue weighted by atomic mass is 127. The number of nitrogens with one attached hydrogen (secondary N) is 1. The number of likely N-dealkylation sites (tertiary alicyclic amines) is 1. The van der Waals surface area contributed by atoms with Crippen LogP contribution in [0.25, 0.3) is 0 Å². The van der Waals surface area contributed by atoms with Gasteiger partial charge in [-0.3, -0.25) is 4.68 Å². The summed E-state index contributed by atoms with van der Waals surface area (Å²) < 4.78 is 7.90. The predicted octanol–water partition coefficient (Wildman–Crippen LogP) is 3.64. The van der Waals surface area contributed by atoms with Crippen LogP contribution >= 0.6 is 24.0 Å². The van der Waals surface area contributed by atoms with E-state index < -0.39 is 0 Å². The molecule has 29 heavy (non-hydrogen) atoms. The second-order valence-corrected chi connectivity index (χ2v) is 7.77. The number of aryl methyl sites for hydroxylation is 2. The molecule has 2 unspecified atom stereocenters. The van der Waals surface area contributed by atoms with Gasteiger partial charge in [0.05, 0.1) is 12.7 Å². The number of benzene rings is 1. The molecule has 1 aromatic heterocycles. The Kier molecular flexibility index (Phi) is 9.26. The SMILES string of the molecule is CCNC(=NCC(C)Oc1cccc(C)c1)N1CCC(Cc2cnn(C)c2)C1.I. The third-order valence-corrected chi connectivity index (χ3v) is 5.03. The van der Waals surface area contributed by atoms with Gasteiger partial charge >= 0.3 is 0 Å². The van der Waals surface area contributed by atoms with Crippen LogP contribution in [0.15, 0.2) is 41.7 Å². The van der Waals surface area contributed by atoms with Gasteiger partial charge in [-0.05, 0) is 62.8 Å². The highest BCUT2D eigenvalue weighted by Crippen LogP contribution is 2.21. The van der Waals surface area contributed by atoms with Crippen molar-refractivity contribution >= 4 is 29.9 Å². The molecular weight excluding hydrogens is 477 g/mol. The Morgan fingerprint density at radius 3 is 2.93 bits per heavy atom. The summed E-state index contributed by atoms with van der Waals surface area (Å²) >= 11 is 0. The summed E-state index contributed by atoms with van der Waals surface area (Å²) in [5.74, 6) is 2.55. The smallest absolute Gasteiger partial charge is 0.194 e. The molecule has 1 N–H and O–H groups in total. The lowest BCUT2D eigenvalue weighted by atomic mass is 10.0. The molecule has 6 nitrogen and oxygen atoms in total. The first-order valence-corrected chi connectivity index (χ1v) is 10.3. The fourth-order valence-electron chi connectivity index (χ4n) is 3.70. The zero-order chi connectivity index (χ0) is 19.9.